The number of ether oxygens (including phenoxy) is 1. The number of hydrogen-bond acceptors (Lipinski definition) is 4. The molecule has 1 aliphatic heterocycles. The molecule has 0 bridgehead atoms. The third kappa shape index (κ3) is 2.35. The summed E-state index contributed by atoms with van der Waals surface area (Å²) in [7, 11) is 1.72. The van der Waals surface area contributed by atoms with Crippen LogP contribution in [0, 0.1) is 0 Å². The second-order valence-corrected chi connectivity index (χ2v) is 4.04. The lowest BCUT2D eigenvalue weighted by Crippen LogP contribution is -2.32. The molecule has 0 saturated heterocycles. The van der Waals surface area contributed by atoms with E-state index in [1.165, 1.54) is 0 Å². The van der Waals surface area contributed by atoms with Crippen LogP contribution in [-0.4, -0.2) is 34.5 Å². The summed E-state index contributed by atoms with van der Waals surface area (Å²) in [6.07, 6.45) is 3.89. The van der Waals surface area contributed by atoms with Gasteiger partial charge in [-0.1, -0.05) is 0 Å². The molecule has 2 N–H and O–H groups in total. The van der Waals surface area contributed by atoms with Crippen LogP contribution in [0.3, 0.4) is 0 Å². The van der Waals surface area contributed by atoms with Gasteiger partial charge in [-0.3, -0.25) is 0 Å². The molecule has 2 rings (SSSR count). The van der Waals surface area contributed by atoms with Crippen molar-refractivity contribution in [3.05, 3.63) is 11.6 Å². The van der Waals surface area contributed by atoms with E-state index in [1.807, 2.05) is 0 Å². The Morgan fingerprint density at radius 3 is 3.20 bits per heavy atom. The number of fused-ring (bicyclic) bond motifs is 1. The van der Waals surface area contributed by atoms with Gasteiger partial charge in [0.2, 0.25) is 0 Å². The van der Waals surface area contributed by atoms with Crippen molar-refractivity contribution in [1.82, 2.24) is 14.8 Å². The maximum Gasteiger partial charge on any atom is 0.133 e. The van der Waals surface area contributed by atoms with Gasteiger partial charge in [0.1, 0.15) is 11.6 Å². The Morgan fingerprint density at radius 1 is 1.53 bits per heavy atom. The van der Waals surface area contributed by atoms with Gasteiger partial charge in [0.15, 0.2) is 0 Å². The number of nitrogens with zero attached hydrogens (tertiary/aromatic N) is 3. The van der Waals surface area contributed by atoms with E-state index < -0.39 is 0 Å². The summed E-state index contributed by atoms with van der Waals surface area (Å²) in [4.78, 5) is 0. The second kappa shape index (κ2) is 4.72. The largest absolute Gasteiger partial charge is 0.385 e. The van der Waals surface area contributed by atoms with Gasteiger partial charge < -0.3 is 15.0 Å². The third-order valence-corrected chi connectivity index (χ3v) is 2.81. The van der Waals surface area contributed by atoms with E-state index in [1.54, 1.807) is 7.11 Å². The Kier molecular flexibility index (Phi) is 3.33. The van der Waals surface area contributed by atoms with Crippen molar-refractivity contribution in [3.8, 4) is 0 Å². The molecule has 1 aliphatic rings. The van der Waals surface area contributed by atoms with Gasteiger partial charge in [-0.05, 0) is 12.8 Å². The molecule has 1 unspecified atom stereocenters. The van der Waals surface area contributed by atoms with E-state index in [-0.39, 0.29) is 6.04 Å². The van der Waals surface area contributed by atoms with Crippen LogP contribution < -0.4 is 5.73 Å². The highest BCUT2D eigenvalue weighted by Crippen LogP contribution is 2.14. The average Bonchev–Trinajstić information content (AvgIpc) is 2.62. The Hall–Kier alpha value is -0.940. The van der Waals surface area contributed by atoms with E-state index in [9.17, 15) is 0 Å². The predicted molar refractivity (Wildman–Crippen MR) is 56.5 cm³/mol. The minimum Gasteiger partial charge on any atom is -0.385 e. The molecule has 0 amide bonds. The van der Waals surface area contributed by atoms with Gasteiger partial charge in [0.25, 0.3) is 0 Å². The summed E-state index contributed by atoms with van der Waals surface area (Å²) >= 11 is 0. The Balaban J connectivity index is 2.02. The van der Waals surface area contributed by atoms with Crippen molar-refractivity contribution in [2.45, 2.75) is 38.3 Å². The number of methoxy groups -OCH3 is 1. The van der Waals surface area contributed by atoms with Crippen molar-refractivity contribution < 1.29 is 4.74 Å². The molecule has 1 aromatic heterocycles. The lowest BCUT2D eigenvalue weighted by Gasteiger charge is -2.20. The fourth-order valence-corrected chi connectivity index (χ4v) is 1.97. The zero-order chi connectivity index (χ0) is 10.7. The Morgan fingerprint density at radius 2 is 2.40 bits per heavy atom. The van der Waals surface area contributed by atoms with Gasteiger partial charge in [-0.15, -0.1) is 10.2 Å². The maximum atomic E-state index is 5.93. The molecule has 1 atom stereocenters. The summed E-state index contributed by atoms with van der Waals surface area (Å²) in [6.45, 7) is 1.64. The molecular weight excluding hydrogens is 192 g/mol. The molecular formula is C10H18N4O. The molecule has 0 fully saturated rings. The zero-order valence-electron chi connectivity index (χ0n) is 9.15. The molecule has 0 radical (unpaired) electrons. The van der Waals surface area contributed by atoms with Crippen molar-refractivity contribution in [1.29, 1.82) is 0 Å². The molecule has 2 heterocycles. The highest BCUT2D eigenvalue weighted by Gasteiger charge is 2.19. The van der Waals surface area contributed by atoms with Crippen LogP contribution in [0.4, 0.5) is 0 Å². The van der Waals surface area contributed by atoms with Crippen molar-refractivity contribution in [3.63, 3.8) is 0 Å². The summed E-state index contributed by atoms with van der Waals surface area (Å²) in [5.74, 6) is 2.14. The number of aromatic nitrogens is 3. The van der Waals surface area contributed by atoms with Gasteiger partial charge in [-0.2, -0.15) is 0 Å². The molecule has 0 aliphatic carbocycles. The molecule has 84 valence electrons. The van der Waals surface area contributed by atoms with Crippen molar-refractivity contribution >= 4 is 0 Å². The van der Waals surface area contributed by atoms with Crippen LogP contribution in [0.1, 0.15) is 24.5 Å². The molecule has 0 saturated carbocycles. The topological polar surface area (TPSA) is 66.0 Å². The average molecular weight is 210 g/mol. The van der Waals surface area contributed by atoms with Gasteiger partial charge >= 0.3 is 0 Å². The van der Waals surface area contributed by atoms with Crippen LogP contribution in [0.15, 0.2) is 0 Å². The van der Waals surface area contributed by atoms with E-state index in [4.69, 9.17) is 10.5 Å². The Bertz CT molecular complexity index is 323. The smallest absolute Gasteiger partial charge is 0.133 e. The molecule has 5 nitrogen and oxygen atoms in total. The first-order valence-electron chi connectivity index (χ1n) is 5.46. The van der Waals surface area contributed by atoms with Crippen molar-refractivity contribution in [2.24, 2.45) is 5.73 Å². The van der Waals surface area contributed by atoms with Crippen LogP contribution in [-0.2, 0) is 24.1 Å². The number of nitrogens with two attached hydrogens (primary N) is 1. The predicted octanol–water partition coefficient (Wildman–Crippen LogP) is 0.131. The first kappa shape index (κ1) is 10.6. The molecule has 1 aromatic rings. The Labute approximate surface area is 89.6 Å². The highest BCUT2D eigenvalue weighted by atomic mass is 16.5. The number of aryl methyl sites for hydroxylation is 2. The lowest BCUT2D eigenvalue weighted by molar-refractivity contribution is 0.194. The second-order valence-electron chi connectivity index (χ2n) is 4.04. The van der Waals surface area contributed by atoms with E-state index in [2.05, 4.69) is 14.8 Å². The van der Waals surface area contributed by atoms with Gasteiger partial charge in [0.05, 0.1) is 0 Å². The zero-order valence-corrected chi connectivity index (χ0v) is 9.15. The summed E-state index contributed by atoms with van der Waals surface area (Å²) < 4.78 is 7.19. The summed E-state index contributed by atoms with van der Waals surface area (Å²) in [5.41, 5.74) is 5.93. The molecule has 0 spiro atoms. The number of rotatable bonds is 4. The quantitative estimate of drug-likeness (QED) is 0.717. The SMILES string of the molecule is COCCCc1nnc2n1CC(N)CC2. The van der Waals surface area contributed by atoms with Crippen LogP contribution in [0.25, 0.3) is 0 Å². The maximum absolute atomic E-state index is 5.93. The summed E-state index contributed by atoms with van der Waals surface area (Å²) in [6, 6.07) is 0.259. The monoisotopic (exact) mass is 210 g/mol. The van der Waals surface area contributed by atoms with Crippen molar-refractivity contribution in [2.75, 3.05) is 13.7 Å². The fraction of sp³-hybridized carbons (Fsp3) is 0.800. The van der Waals surface area contributed by atoms with Crippen LogP contribution in [0.2, 0.25) is 0 Å². The third-order valence-electron chi connectivity index (χ3n) is 2.81. The van der Waals surface area contributed by atoms with Gasteiger partial charge in [0, 0.05) is 39.1 Å². The first-order valence-corrected chi connectivity index (χ1v) is 5.46. The van der Waals surface area contributed by atoms with Crippen LogP contribution in [0.5, 0.6) is 0 Å². The fourth-order valence-electron chi connectivity index (χ4n) is 1.97. The van der Waals surface area contributed by atoms with E-state index >= 15 is 0 Å². The normalized spacial score (nSPS) is 20.3. The minimum atomic E-state index is 0.259. The van der Waals surface area contributed by atoms with E-state index in [0.29, 0.717) is 0 Å². The summed E-state index contributed by atoms with van der Waals surface area (Å²) in [5, 5.41) is 8.39. The molecule has 5 heteroatoms. The number of hydrogen-bond donors (Lipinski definition) is 1. The lowest BCUT2D eigenvalue weighted by atomic mass is 10.1. The van der Waals surface area contributed by atoms with Crippen LogP contribution >= 0.6 is 0 Å². The van der Waals surface area contributed by atoms with Gasteiger partial charge in [-0.25, -0.2) is 0 Å². The highest BCUT2D eigenvalue weighted by molar-refractivity contribution is 5.01. The molecule has 15 heavy (non-hydrogen) atoms. The molecule has 0 aromatic carbocycles. The standard InChI is InChI=1S/C10H18N4O/c1-15-6-2-3-9-12-13-10-5-4-8(11)7-14(9)10/h8H,2-7,11H2,1H3. The first-order chi connectivity index (χ1) is 7.31. The van der Waals surface area contributed by atoms with E-state index in [0.717, 1.165) is 50.5 Å². The minimum absolute atomic E-state index is 0.259.